The van der Waals surface area contributed by atoms with E-state index in [4.69, 9.17) is 9.84 Å². The molecule has 1 fully saturated rings. The van der Waals surface area contributed by atoms with Gasteiger partial charge in [-0.2, -0.15) is 5.10 Å². The van der Waals surface area contributed by atoms with Crippen LogP contribution >= 0.6 is 0 Å². The van der Waals surface area contributed by atoms with Gasteiger partial charge in [0.05, 0.1) is 18.0 Å². The fourth-order valence-corrected chi connectivity index (χ4v) is 4.33. The second-order valence-corrected chi connectivity index (χ2v) is 9.36. The maximum Gasteiger partial charge on any atom is 0.328 e. The highest BCUT2D eigenvalue weighted by Crippen LogP contribution is 2.28. The molecule has 8 heteroatoms. The van der Waals surface area contributed by atoms with Gasteiger partial charge in [-0.1, -0.05) is 70.1 Å². The lowest BCUT2D eigenvalue weighted by Gasteiger charge is -2.13. The number of benzene rings is 2. The van der Waals surface area contributed by atoms with E-state index in [1.807, 2.05) is 54.6 Å². The summed E-state index contributed by atoms with van der Waals surface area (Å²) in [5, 5.41) is 8.95. The summed E-state index contributed by atoms with van der Waals surface area (Å²) in [6.07, 6.45) is 13.2. The van der Waals surface area contributed by atoms with E-state index in [2.05, 4.69) is 17.6 Å². The lowest BCUT2D eigenvalue weighted by atomic mass is 10.0. The van der Waals surface area contributed by atoms with E-state index in [0.29, 0.717) is 17.9 Å². The van der Waals surface area contributed by atoms with E-state index < -0.39 is 17.8 Å². The van der Waals surface area contributed by atoms with Crippen LogP contribution in [0.4, 0.5) is 4.79 Å². The number of hydrogen-bond donors (Lipinski definition) is 2. The third kappa shape index (κ3) is 7.18. The number of unbranched alkanes of at least 4 members (excludes halogenated alkanes) is 7. The number of amides is 4. The van der Waals surface area contributed by atoms with Crippen LogP contribution in [0.25, 0.3) is 23.0 Å². The molecule has 0 atom stereocenters. The van der Waals surface area contributed by atoms with E-state index in [1.165, 1.54) is 51.0 Å². The van der Waals surface area contributed by atoms with Crippen LogP contribution in [-0.4, -0.2) is 34.2 Å². The fraction of sp³-hybridized carbons (Fsp3) is 0.333. The van der Waals surface area contributed by atoms with Crippen LogP contribution in [-0.2, 0) is 9.59 Å². The molecule has 1 aromatic heterocycles. The average Bonchev–Trinajstić information content (AvgIpc) is 3.34. The molecule has 0 saturated carbocycles. The lowest BCUT2D eigenvalue weighted by Crippen LogP contribution is -2.51. The molecule has 2 N–H and O–H groups in total. The Morgan fingerprint density at radius 3 is 2.11 bits per heavy atom. The SMILES string of the molecule is CCCCCCCCCCOc1ccc(-c2nn(-c3ccccc3)cc2C=C2C(=O)NC(=O)NC2=O)cc1. The third-order valence-electron chi connectivity index (χ3n) is 6.40. The van der Waals surface area contributed by atoms with Crippen molar-refractivity contribution in [3.8, 4) is 22.7 Å². The normalized spacial score (nSPS) is 13.3. The van der Waals surface area contributed by atoms with E-state index in [1.54, 1.807) is 10.9 Å². The number of barbiturate groups is 1. The number of hydrogen-bond acceptors (Lipinski definition) is 5. The average molecular weight is 515 g/mol. The molecule has 2 heterocycles. The molecule has 1 aliphatic heterocycles. The highest BCUT2D eigenvalue weighted by Gasteiger charge is 2.28. The number of nitrogens with one attached hydrogen (secondary N) is 2. The highest BCUT2D eigenvalue weighted by molar-refractivity contribution is 6.31. The molecule has 1 saturated heterocycles. The van der Waals surface area contributed by atoms with Crippen molar-refractivity contribution in [1.29, 1.82) is 0 Å². The summed E-state index contributed by atoms with van der Waals surface area (Å²) >= 11 is 0. The number of imide groups is 2. The van der Waals surface area contributed by atoms with Crippen molar-refractivity contribution >= 4 is 23.9 Å². The van der Waals surface area contributed by atoms with Gasteiger partial charge in [-0.3, -0.25) is 20.2 Å². The Morgan fingerprint density at radius 1 is 0.816 bits per heavy atom. The molecule has 0 unspecified atom stereocenters. The van der Waals surface area contributed by atoms with Gasteiger partial charge in [0.25, 0.3) is 11.8 Å². The molecule has 8 nitrogen and oxygen atoms in total. The Hall–Kier alpha value is -4.20. The summed E-state index contributed by atoms with van der Waals surface area (Å²) in [6, 6.07) is 16.3. The molecule has 0 spiro atoms. The van der Waals surface area contributed by atoms with E-state index in [-0.39, 0.29) is 5.57 Å². The number of ether oxygens (including phenoxy) is 1. The smallest absolute Gasteiger partial charge is 0.328 e. The standard InChI is InChI=1S/C30H34N4O4/c1-2-3-4-5-6-7-8-12-19-38-25-17-15-22(16-18-25)27-23(20-26-28(35)31-30(37)32-29(26)36)21-34(33-27)24-13-10-9-11-14-24/h9-11,13-18,20-21H,2-8,12,19H2,1H3,(H2,31,32,35,36,37). The number of carbonyl (C=O) groups excluding carboxylic acids is 3. The zero-order valence-corrected chi connectivity index (χ0v) is 21.7. The quantitative estimate of drug-likeness (QED) is 0.170. The molecule has 3 aromatic rings. The minimum atomic E-state index is -0.833. The Balaban J connectivity index is 1.46. The van der Waals surface area contributed by atoms with Gasteiger partial charge in [0.2, 0.25) is 0 Å². The van der Waals surface area contributed by atoms with Crippen LogP contribution in [0.3, 0.4) is 0 Å². The number of carbonyl (C=O) groups is 3. The summed E-state index contributed by atoms with van der Waals surface area (Å²) in [6.45, 7) is 2.91. The summed E-state index contributed by atoms with van der Waals surface area (Å²) in [4.78, 5) is 36.1. The maximum atomic E-state index is 12.3. The maximum absolute atomic E-state index is 12.3. The van der Waals surface area contributed by atoms with Gasteiger partial charge in [-0.05, 0) is 48.9 Å². The molecule has 2 aromatic carbocycles. The van der Waals surface area contributed by atoms with Crippen molar-refractivity contribution < 1.29 is 19.1 Å². The number of rotatable bonds is 13. The van der Waals surface area contributed by atoms with Crippen molar-refractivity contribution in [1.82, 2.24) is 20.4 Å². The molecule has 38 heavy (non-hydrogen) atoms. The molecular formula is C30H34N4O4. The van der Waals surface area contributed by atoms with Crippen LogP contribution in [0, 0.1) is 0 Å². The van der Waals surface area contributed by atoms with E-state index in [0.717, 1.165) is 23.4 Å². The van der Waals surface area contributed by atoms with Gasteiger partial charge >= 0.3 is 6.03 Å². The first-order chi connectivity index (χ1) is 18.5. The second-order valence-electron chi connectivity index (χ2n) is 9.36. The number of aromatic nitrogens is 2. The predicted molar refractivity (Wildman–Crippen MR) is 147 cm³/mol. The van der Waals surface area contributed by atoms with Crippen molar-refractivity contribution in [2.75, 3.05) is 6.61 Å². The third-order valence-corrected chi connectivity index (χ3v) is 6.40. The second kappa shape index (κ2) is 13.4. The topological polar surface area (TPSA) is 102 Å². The van der Waals surface area contributed by atoms with Crippen LogP contribution in [0.15, 0.2) is 66.4 Å². The number of nitrogens with zero attached hydrogens (tertiary/aromatic N) is 2. The Morgan fingerprint density at radius 2 is 1.45 bits per heavy atom. The molecular weight excluding hydrogens is 480 g/mol. The molecule has 198 valence electrons. The lowest BCUT2D eigenvalue weighted by molar-refractivity contribution is -0.123. The fourth-order valence-electron chi connectivity index (χ4n) is 4.33. The predicted octanol–water partition coefficient (Wildman–Crippen LogP) is 5.81. The number of para-hydroxylation sites is 1. The van der Waals surface area contributed by atoms with Gasteiger partial charge in [-0.15, -0.1) is 0 Å². The van der Waals surface area contributed by atoms with Crippen molar-refractivity contribution in [3.05, 3.63) is 71.9 Å². The van der Waals surface area contributed by atoms with Crippen LogP contribution in [0.5, 0.6) is 5.75 Å². The van der Waals surface area contributed by atoms with E-state index in [9.17, 15) is 14.4 Å². The molecule has 0 radical (unpaired) electrons. The van der Waals surface area contributed by atoms with E-state index >= 15 is 0 Å². The first kappa shape index (κ1) is 26.9. The summed E-state index contributed by atoms with van der Waals surface area (Å²) in [7, 11) is 0. The first-order valence-corrected chi connectivity index (χ1v) is 13.3. The Kier molecular flexibility index (Phi) is 9.45. The van der Waals surface area contributed by atoms with Gasteiger partial charge in [-0.25, -0.2) is 9.48 Å². The van der Waals surface area contributed by atoms with Crippen LogP contribution in [0.1, 0.15) is 63.9 Å². The minimum absolute atomic E-state index is 0.163. The largest absolute Gasteiger partial charge is 0.494 e. The summed E-state index contributed by atoms with van der Waals surface area (Å²) < 4.78 is 7.62. The first-order valence-electron chi connectivity index (χ1n) is 13.3. The summed E-state index contributed by atoms with van der Waals surface area (Å²) in [5.41, 5.74) is 2.63. The number of urea groups is 1. The Labute approximate surface area is 223 Å². The zero-order valence-electron chi connectivity index (χ0n) is 21.7. The summed E-state index contributed by atoms with van der Waals surface area (Å²) in [5.74, 6) is -0.715. The van der Waals surface area contributed by atoms with Crippen molar-refractivity contribution in [2.24, 2.45) is 0 Å². The molecule has 4 amide bonds. The van der Waals surface area contributed by atoms with Gasteiger partial charge in [0.15, 0.2) is 0 Å². The van der Waals surface area contributed by atoms with Crippen molar-refractivity contribution in [2.45, 2.75) is 58.3 Å². The van der Waals surface area contributed by atoms with Crippen molar-refractivity contribution in [3.63, 3.8) is 0 Å². The molecule has 1 aliphatic rings. The Bertz CT molecular complexity index is 1260. The zero-order chi connectivity index (χ0) is 26.7. The minimum Gasteiger partial charge on any atom is -0.494 e. The van der Waals surface area contributed by atoms with Crippen LogP contribution in [0.2, 0.25) is 0 Å². The highest BCUT2D eigenvalue weighted by atomic mass is 16.5. The molecule has 4 rings (SSSR count). The molecule has 0 aliphatic carbocycles. The van der Waals surface area contributed by atoms with Gasteiger partial charge in [0.1, 0.15) is 11.3 Å². The van der Waals surface area contributed by atoms with Gasteiger partial charge in [0, 0.05) is 17.3 Å². The molecule has 0 bridgehead atoms. The van der Waals surface area contributed by atoms with Crippen LogP contribution < -0.4 is 15.4 Å². The van der Waals surface area contributed by atoms with Gasteiger partial charge < -0.3 is 4.74 Å². The monoisotopic (exact) mass is 514 g/mol.